The second-order valence-corrected chi connectivity index (χ2v) is 9.18. The minimum absolute atomic E-state index is 0.0539. The number of anilines is 1. The van der Waals surface area contributed by atoms with E-state index in [1.165, 1.54) is 10.4 Å². The molecule has 1 saturated heterocycles. The van der Waals surface area contributed by atoms with Gasteiger partial charge < -0.3 is 5.32 Å². The predicted octanol–water partition coefficient (Wildman–Crippen LogP) is 3.25. The van der Waals surface area contributed by atoms with Crippen LogP contribution in [0.2, 0.25) is 0 Å². The van der Waals surface area contributed by atoms with Crippen LogP contribution in [0.5, 0.6) is 0 Å². The smallest absolute Gasteiger partial charge is 0.274 e. The molecule has 0 radical (unpaired) electrons. The summed E-state index contributed by atoms with van der Waals surface area (Å²) in [4.78, 5) is 23.4. The van der Waals surface area contributed by atoms with Gasteiger partial charge in [0.1, 0.15) is 0 Å². The van der Waals surface area contributed by atoms with Crippen molar-refractivity contribution >= 4 is 27.3 Å². The first-order valence-electron chi connectivity index (χ1n) is 9.31. The van der Waals surface area contributed by atoms with Gasteiger partial charge in [-0.05, 0) is 44.9 Å². The van der Waals surface area contributed by atoms with Crippen LogP contribution in [0.25, 0.3) is 0 Å². The Bertz CT molecular complexity index is 1030. The normalized spacial score (nSPS) is 15.8. The van der Waals surface area contributed by atoms with E-state index < -0.39 is 14.9 Å². The average Bonchev–Trinajstić information content (AvgIpc) is 2.69. The number of nitrogens with one attached hydrogen (secondary N) is 1. The van der Waals surface area contributed by atoms with Crippen LogP contribution in [0.1, 0.15) is 24.0 Å². The highest BCUT2D eigenvalue weighted by Crippen LogP contribution is 2.27. The maximum atomic E-state index is 12.8. The topological polar surface area (TPSA) is 110 Å². The number of piperidine rings is 1. The van der Waals surface area contributed by atoms with E-state index >= 15 is 0 Å². The molecule has 1 heterocycles. The maximum Gasteiger partial charge on any atom is 0.274 e. The lowest BCUT2D eigenvalue weighted by atomic mass is 9.97. The molecule has 1 amide bonds. The first-order valence-corrected chi connectivity index (χ1v) is 10.8. The number of carbonyl (C=O) groups is 1. The number of hydrogen-bond acceptors (Lipinski definition) is 5. The SMILES string of the molecule is Cc1ccc(S(=O)(=O)N2CCC(C(=O)Nc3ccc(C)c([N+](=O)[O-])c3)CC2)cc1. The van der Waals surface area contributed by atoms with Crippen molar-refractivity contribution in [1.29, 1.82) is 0 Å². The Hall–Kier alpha value is -2.78. The summed E-state index contributed by atoms with van der Waals surface area (Å²) >= 11 is 0. The second-order valence-electron chi connectivity index (χ2n) is 7.24. The van der Waals surface area contributed by atoms with Gasteiger partial charge in [-0.3, -0.25) is 14.9 Å². The molecule has 1 fully saturated rings. The van der Waals surface area contributed by atoms with Crippen LogP contribution in [-0.4, -0.2) is 36.6 Å². The van der Waals surface area contributed by atoms with Crippen molar-refractivity contribution in [2.45, 2.75) is 31.6 Å². The molecule has 0 unspecified atom stereocenters. The zero-order valence-corrected chi connectivity index (χ0v) is 17.1. The third-order valence-electron chi connectivity index (χ3n) is 5.16. The number of nitro groups is 1. The standard InChI is InChI=1S/C20H23N3O5S/c1-14-3-7-18(8-4-14)29(27,28)22-11-9-16(10-12-22)20(24)21-17-6-5-15(2)19(13-17)23(25)26/h3-8,13,16H,9-12H2,1-2H3,(H,21,24). The molecule has 0 spiro atoms. The first-order chi connectivity index (χ1) is 13.7. The van der Waals surface area contributed by atoms with Crippen molar-refractivity contribution < 1.29 is 18.1 Å². The van der Waals surface area contributed by atoms with Gasteiger partial charge in [0.05, 0.1) is 9.82 Å². The van der Waals surface area contributed by atoms with Crippen LogP contribution in [0.15, 0.2) is 47.4 Å². The molecule has 2 aromatic rings. The van der Waals surface area contributed by atoms with E-state index in [2.05, 4.69) is 5.32 Å². The van der Waals surface area contributed by atoms with Crippen LogP contribution >= 0.6 is 0 Å². The highest BCUT2D eigenvalue weighted by molar-refractivity contribution is 7.89. The summed E-state index contributed by atoms with van der Waals surface area (Å²) in [5.41, 5.74) is 1.81. The quantitative estimate of drug-likeness (QED) is 0.593. The van der Waals surface area contributed by atoms with E-state index in [1.54, 1.807) is 43.3 Å². The maximum absolute atomic E-state index is 12.8. The largest absolute Gasteiger partial charge is 0.326 e. The summed E-state index contributed by atoms with van der Waals surface area (Å²) in [5, 5.41) is 13.8. The molecule has 154 valence electrons. The Morgan fingerprint density at radius 3 is 2.31 bits per heavy atom. The summed E-state index contributed by atoms with van der Waals surface area (Å²) < 4.78 is 26.9. The number of benzene rings is 2. The Labute approximate surface area is 169 Å². The second kappa shape index (κ2) is 8.30. The van der Waals surface area contributed by atoms with Gasteiger partial charge in [0.25, 0.3) is 5.69 Å². The number of nitro benzene ring substituents is 1. The molecular formula is C20H23N3O5S. The van der Waals surface area contributed by atoms with Gasteiger partial charge in [0.15, 0.2) is 0 Å². The van der Waals surface area contributed by atoms with Crippen molar-refractivity contribution in [3.63, 3.8) is 0 Å². The molecular weight excluding hydrogens is 394 g/mol. The number of sulfonamides is 1. The predicted molar refractivity (Wildman–Crippen MR) is 109 cm³/mol. The third-order valence-corrected chi connectivity index (χ3v) is 7.07. The molecule has 3 rings (SSSR count). The van der Waals surface area contributed by atoms with Crippen molar-refractivity contribution in [3.8, 4) is 0 Å². The molecule has 0 atom stereocenters. The lowest BCUT2D eigenvalue weighted by molar-refractivity contribution is -0.385. The summed E-state index contributed by atoms with van der Waals surface area (Å²) in [5.74, 6) is -0.602. The van der Waals surface area contributed by atoms with Crippen molar-refractivity contribution in [1.82, 2.24) is 4.31 Å². The average molecular weight is 417 g/mol. The number of amides is 1. The number of aryl methyl sites for hydroxylation is 2. The summed E-state index contributed by atoms with van der Waals surface area (Å²) in [6.45, 7) is 4.03. The van der Waals surface area contributed by atoms with E-state index in [1.807, 2.05) is 6.92 Å². The highest BCUT2D eigenvalue weighted by Gasteiger charge is 2.32. The van der Waals surface area contributed by atoms with Gasteiger partial charge in [-0.15, -0.1) is 0 Å². The molecule has 29 heavy (non-hydrogen) atoms. The van der Waals surface area contributed by atoms with Crippen LogP contribution in [-0.2, 0) is 14.8 Å². The van der Waals surface area contributed by atoms with Crippen LogP contribution in [0, 0.1) is 29.9 Å². The van der Waals surface area contributed by atoms with E-state index in [4.69, 9.17) is 0 Å². The van der Waals surface area contributed by atoms with Crippen molar-refractivity contribution in [3.05, 3.63) is 63.7 Å². The lowest BCUT2D eigenvalue weighted by Gasteiger charge is -2.30. The molecule has 0 aliphatic carbocycles. The number of carbonyl (C=O) groups excluding carboxylic acids is 1. The third kappa shape index (κ3) is 4.63. The van der Waals surface area contributed by atoms with Crippen molar-refractivity contribution in [2.75, 3.05) is 18.4 Å². The van der Waals surface area contributed by atoms with E-state index in [0.717, 1.165) is 5.56 Å². The van der Waals surface area contributed by atoms with Gasteiger partial charge in [-0.1, -0.05) is 23.8 Å². The molecule has 0 saturated carbocycles. The molecule has 8 nitrogen and oxygen atoms in total. The number of hydrogen-bond donors (Lipinski definition) is 1. The van der Waals surface area contributed by atoms with Crippen LogP contribution in [0.4, 0.5) is 11.4 Å². The van der Waals surface area contributed by atoms with Crippen LogP contribution < -0.4 is 5.32 Å². The summed E-state index contributed by atoms with van der Waals surface area (Å²) in [6.07, 6.45) is 0.787. The number of rotatable bonds is 5. The van der Waals surface area contributed by atoms with E-state index in [0.29, 0.717) is 24.1 Å². The minimum atomic E-state index is -3.58. The van der Waals surface area contributed by atoms with Gasteiger partial charge in [-0.2, -0.15) is 4.31 Å². The van der Waals surface area contributed by atoms with Gasteiger partial charge >= 0.3 is 0 Å². The Balaban J connectivity index is 1.63. The Morgan fingerprint density at radius 2 is 1.72 bits per heavy atom. The fourth-order valence-electron chi connectivity index (χ4n) is 3.35. The van der Waals surface area contributed by atoms with E-state index in [9.17, 15) is 23.3 Å². The molecule has 0 bridgehead atoms. The fourth-order valence-corrected chi connectivity index (χ4v) is 4.82. The lowest BCUT2D eigenvalue weighted by Crippen LogP contribution is -2.41. The number of nitrogens with zero attached hydrogens (tertiary/aromatic N) is 2. The van der Waals surface area contributed by atoms with Gasteiger partial charge in [0, 0.05) is 36.3 Å². The molecule has 0 aromatic heterocycles. The minimum Gasteiger partial charge on any atom is -0.326 e. The van der Waals surface area contributed by atoms with E-state index in [-0.39, 0.29) is 35.5 Å². The zero-order valence-electron chi connectivity index (χ0n) is 16.3. The van der Waals surface area contributed by atoms with Crippen LogP contribution in [0.3, 0.4) is 0 Å². The molecule has 1 aliphatic rings. The Kier molecular flexibility index (Phi) is 5.99. The monoisotopic (exact) mass is 417 g/mol. The first kappa shape index (κ1) is 20.9. The summed E-state index contributed by atoms with van der Waals surface area (Å²) in [6, 6.07) is 11.2. The zero-order chi connectivity index (χ0) is 21.2. The molecule has 2 aromatic carbocycles. The molecule has 9 heteroatoms. The highest BCUT2D eigenvalue weighted by atomic mass is 32.2. The van der Waals surface area contributed by atoms with Gasteiger partial charge in [-0.25, -0.2) is 8.42 Å². The van der Waals surface area contributed by atoms with Crippen molar-refractivity contribution in [2.24, 2.45) is 5.92 Å². The Morgan fingerprint density at radius 1 is 1.10 bits per heavy atom. The molecule has 1 N–H and O–H groups in total. The molecule has 1 aliphatic heterocycles. The van der Waals surface area contributed by atoms with Gasteiger partial charge in [0.2, 0.25) is 15.9 Å². The summed E-state index contributed by atoms with van der Waals surface area (Å²) in [7, 11) is -3.58. The fraction of sp³-hybridized carbons (Fsp3) is 0.350.